The zero-order valence-corrected chi connectivity index (χ0v) is 52.1. The number of nitrogens with one attached hydrogen (secondary N) is 6. The van der Waals surface area contributed by atoms with Crippen molar-refractivity contribution in [2.45, 2.75) is 141 Å². The maximum atomic E-state index is 13.1. The number of rotatable bonds is 3. The van der Waals surface area contributed by atoms with Gasteiger partial charge in [-0.2, -0.15) is 0 Å². The van der Waals surface area contributed by atoms with E-state index in [9.17, 15) is 43.2 Å². The molecule has 12 aliphatic rings. The zero-order valence-electron chi connectivity index (χ0n) is 52.1. The van der Waals surface area contributed by atoms with Crippen molar-refractivity contribution >= 4 is 87.7 Å². The summed E-state index contributed by atoms with van der Waals surface area (Å²) in [6.07, 6.45) is 2.87. The third-order valence-electron chi connectivity index (χ3n) is 20.8. The Morgan fingerprint density at radius 3 is 1.03 bits per heavy atom. The first-order valence-corrected chi connectivity index (χ1v) is 31.8. The molecule has 9 fully saturated rings. The van der Waals surface area contributed by atoms with Gasteiger partial charge in [0, 0.05) is 112 Å². The van der Waals surface area contributed by atoms with Crippen molar-refractivity contribution < 1.29 is 57.4 Å². The Kier molecular flexibility index (Phi) is 15.6. The van der Waals surface area contributed by atoms with Crippen molar-refractivity contribution in [3.05, 3.63) is 71.3 Å². The summed E-state index contributed by atoms with van der Waals surface area (Å²) in [4.78, 5) is 130. The van der Waals surface area contributed by atoms with Gasteiger partial charge in [0.25, 0.3) is 0 Å². The third-order valence-corrected chi connectivity index (χ3v) is 20.8. The molecular weight excluding hydrogens is 1160 g/mol. The van der Waals surface area contributed by atoms with Gasteiger partial charge in [-0.25, -0.2) is 14.4 Å². The lowest BCUT2D eigenvalue weighted by atomic mass is 9.66. The second-order valence-corrected chi connectivity index (χ2v) is 26.8. The van der Waals surface area contributed by atoms with Crippen LogP contribution in [0.2, 0.25) is 0 Å². The van der Waals surface area contributed by atoms with E-state index in [1.807, 2.05) is 65.8 Å². The standard InChI is InChI=1S/C22H29N5O4.C21H27N5O4.C21H26N4O4/c1-13-12-27-17-10-16(26-8-6-25(3)7-9-26)5-4-15(17)11-22(18(27)14(2)31-13)19(28)23-21(30)24-20(22)29;1-11-9-26-16-7-15(25-6-5-14(22)10-25)4-3-13(16)8-21(17(26)12(2)30-11)18(27)23-20(29)24-19(21)28;1-12-11-25-16-9-15(24-7-3-4-8-24)6-5-14(16)10-21(17(25)13(2)29-12)18(26)22-20(28)23-19(21)27/h4-5,10,13-14,18H,6-9,11-12H2,1-3H3,(H2,23,24,28,29,30);3-4,7,11-12,14,17H,5-6,8-10,22H2,1-2H3,(H2,23,24,27,28,29);5-6,9,12-13,17H,3-4,7-8,10-11H2,1-2H3,(H2,22,23,26,27,28)/t13-,14+,18-;11-,12+,14+,17-;12-,13+,17-/m111/s1. The fraction of sp³-hybridized carbons (Fsp3) is 0.578. The van der Waals surface area contributed by atoms with E-state index in [1.54, 1.807) is 0 Å². The minimum atomic E-state index is -1.42. The predicted octanol–water partition coefficient (Wildman–Crippen LogP) is 1.62. The number of morpholine rings is 3. The number of nitrogens with zero attached hydrogens (tertiary/aromatic N) is 7. The van der Waals surface area contributed by atoms with Gasteiger partial charge in [-0.15, -0.1) is 0 Å². The van der Waals surface area contributed by atoms with E-state index in [4.69, 9.17) is 19.9 Å². The molecule has 12 aliphatic heterocycles. The fourth-order valence-electron chi connectivity index (χ4n) is 16.9. The summed E-state index contributed by atoms with van der Waals surface area (Å²) < 4.78 is 18.2. The average Bonchev–Trinajstić information content (AvgIpc) is 0.765. The number of urea groups is 3. The summed E-state index contributed by atoms with van der Waals surface area (Å²) in [5, 5.41) is 13.9. The van der Waals surface area contributed by atoms with Crippen molar-refractivity contribution in [2.24, 2.45) is 22.0 Å². The van der Waals surface area contributed by atoms with Crippen molar-refractivity contribution in [1.29, 1.82) is 0 Å². The fourth-order valence-corrected chi connectivity index (χ4v) is 16.9. The Labute approximate surface area is 522 Å². The molecule has 10 atom stereocenters. The Morgan fingerprint density at radius 1 is 0.411 bits per heavy atom. The number of hydrogen-bond acceptors (Lipinski definition) is 20. The largest absolute Gasteiger partial charge is 0.372 e. The second kappa shape index (κ2) is 23.1. The summed E-state index contributed by atoms with van der Waals surface area (Å²) in [6.45, 7) is 21.2. The van der Waals surface area contributed by atoms with Crippen LogP contribution in [0.15, 0.2) is 54.6 Å². The number of benzene rings is 3. The van der Waals surface area contributed by atoms with Crippen LogP contribution in [0.25, 0.3) is 0 Å². The van der Waals surface area contributed by atoms with Gasteiger partial charge >= 0.3 is 18.1 Å². The average molecular weight is 1240 g/mol. The minimum absolute atomic E-state index is 0.0314. The van der Waals surface area contributed by atoms with Crippen LogP contribution in [0.4, 0.5) is 48.5 Å². The molecule has 15 rings (SSSR count). The molecule has 0 bridgehead atoms. The molecule has 8 N–H and O–H groups in total. The Morgan fingerprint density at radius 2 is 0.722 bits per heavy atom. The number of fused-ring (bicyclic) bond motifs is 12. The molecule has 0 radical (unpaired) electrons. The highest BCUT2D eigenvalue weighted by atomic mass is 16.5. The molecule has 26 nitrogen and oxygen atoms in total. The lowest BCUT2D eigenvalue weighted by Gasteiger charge is -2.55. The van der Waals surface area contributed by atoms with E-state index in [-0.39, 0.29) is 61.9 Å². The van der Waals surface area contributed by atoms with Gasteiger partial charge < -0.3 is 54.2 Å². The number of nitrogens with two attached hydrogens (primary N) is 1. The smallest absolute Gasteiger partial charge is 0.328 e. The summed E-state index contributed by atoms with van der Waals surface area (Å²) in [5.74, 6) is -3.29. The van der Waals surface area contributed by atoms with E-state index < -0.39 is 87.9 Å². The second-order valence-electron chi connectivity index (χ2n) is 26.8. The zero-order chi connectivity index (χ0) is 63.5. The van der Waals surface area contributed by atoms with Crippen molar-refractivity contribution in [2.75, 3.05) is 108 Å². The van der Waals surface area contributed by atoms with Gasteiger partial charge in [0.05, 0.1) is 54.7 Å². The molecule has 90 heavy (non-hydrogen) atoms. The van der Waals surface area contributed by atoms with Gasteiger partial charge in [0.1, 0.15) is 0 Å². The number of imide groups is 6. The van der Waals surface area contributed by atoms with E-state index in [2.05, 4.69) is 104 Å². The molecule has 480 valence electrons. The monoisotopic (exact) mass is 1240 g/mol. The van der Waals surface area contributed by atoms with Crippen LogP contribution < -0.4 is 67.0 Å². The molecule has 0 saturated carbocycles. The summed E-state index contributed by atoms with van der Waals surface area (Å²) in [6, 6.07) is 15.2. The first kappa shape index (κ1) is 61.0. The normalized spacial score (nSPS) is 31.3. The van der Waals surface area contributed by atoms with Crippen LogP contribution in [0.1, 0.15) is 77.5 Å². The molecular formula is C64H82N14O12. The molecule has 3 aromatic rings. The number of barbiturate groups is 3. The van der Waals surface area contributed by atoms with Crippen molar-refractivity contribution in [3.8, 4) is 0 Å². The molecule has 3 aromatic carbocycles. The molecule has 0 unspecified atom stereocenters. The first-order chi connectivity index (χ1) is 43.0. The van der Waals surface area contributed by atoms with E-state index in [1.165, 1.54) is 18.5 Å². The number of amides is 12. The van der Waals surface area contributed by atoms with Crippen LogP contribution >= 0.6 is 0 Å². The Balaban J connectivity index is 0.000000124. The minimum Gasteiger partial charge on any atom is -0.372 e. The molecule has 9 saturated heterocycles. The molecule has 3 spiro atoms. The van der Waals surface area contributed by atoms with Crippen LogP contribution in [-0.2, 0) is 62.2 Å². The summed E-state index contributed by atoms with van der Waals surface area (Å²) in [7, 11) is 2.13. The lowest BCUT2D eigenvalue weighted by Crippen LogP contribution is -2.75. The summed E-state index contributed by atoms with van der Waals surface area (Å²) in [5.41, 5.74) is 11.2. The van der Waals surface area contributed by atoms with E-state index in [0.29, 0.717) is 19.6 Å². The number of hydrogen-bond donors (Lipinski definition) is 7. The van der Waals surface area contributed by atoms with Crippen molar-refractivity contribution in [3.63, 3.8) is 0 Å². The van der Waals surface area contributed by atoms with Gasteiger partial charge in [-0.05, 0) is 140 Å². The SMILES string of the molecule is C[C@@H]1CN2c3cc(N4CCCC4)ccc3CC3(C(=O)NC(=O)NC3=O)[C@H]2[C@H](C)O1.C[C@@H]1CN2c3cc(N4CCN(C)CC4)ccc3CC3(C(=O)NC(=O)NC3=O)[C@H]2[C@H](C)O1.C[C@@H]1CN2c3cc(N4CC[C@H](N)C4)ccc3CC3(C(=O)NC(=O)NC3=O)[C@H]2[C@H](C)O1. The highest BCUT2D eigenvalue weighted by molar-refractivity contribution is 6.22. The topological polar surface area (TPSA) is 302 Å². The highest BCUT2D eigenvalue weighted by Crippen LogP contribution is 2.51. The van der Waals surface area contributed by atoms with Crippen molar-refractivity contribution in [1.82, 2.24) is 36.8 Å². The van der Waals surface area contributed by atoms with Gasteiger partial charge in [-0.3, -0.25) is 60.7 Å². The van der Waals surface area contributed by atoms with Crippen LogP contribution in [0.3, 0.4) is 0 Å². The number of carbonyl (C=O) groups is 9. The Hall–Kier alpha value is -7.91. The summed E-state index contributed by atoms with van der Waals surface area (Å²) >= 11 is 0. The van der Waals surface area contributed by atoms with Gasteiger partial charge in [0.15, 0.2) is 16.2 Å². The van der Waals surface area contributed by atoms with E-state index in [0.717, 1.165) is 104 Å². The number of likely N-dealkylation sites (N-methyl/N-ethyl adjacent to an activating group) is 1. The molecule has 0 aliphatic carbocycles. The molecule has 0 aromatic heterocycles. The van der Waals surface area contributed by atoms with Crippen LogP contribution in [0, 0.1) is 16.2 Å². The predicted molar refractivity (Wildman–Crippen MR) is 332 cm³/mol. The van der Waals surface area contributed by atoms with Crippen LogP contribution in [-0.4, -0.2) is 198 Å². The number of carbonyl (C=O) groups excluding carboxylic acids is 9. The number of piperazine rings is 1. The molecule has 26 heteroatoms. The first-order valence-electron chi connectivity index (χ1n) is 31.8. The third kappa shape index (κ3) is 10.2. The van der Waals surface area contributed by atoms with Gasteiger partial charge in [0.2, 0.25) is 35.4 Å². The Bertz CT molecular complexity index is 3420. The highest BCUT2D eigenvalue weighted by Gasteiger charge is 2.66. The number of ether oxygens (including phenoxy) is 3. The maximum Gasteiger partial charge on any atom is 0.328 e. The lowest BCUT2D eigenvalue weighted by molar-refractivity contribution is -0.154. The molecule has 12 heterocycles. The van der Waals surface area contributed by atoms with Gasteiger partial charge in [-0.1, -0.05) is 18.2 Å². The quantitative estimate of drug-likeness (QED) is 0.183. The number of anilines is 6. The maximum absolute atomic E-state index is 13.1. The van der Waals surface area contributed by atoms with Crippen LogP contribution in [0.5, 0.6) is 0 Å². The molecule has 12 amide bonds. The van der Waals surface area contributed by atoms with E-state index >= 15 is 0 Å².